The number of unbranched alkanes of at least 4 members (excludes halogenated alkanes) is 3. The number of carbonyl (C=O) groups is 1. The molecule has 0 aliphatic rings. The van der Waals surface area contributed by atoms with Gasteiger partial charge in [0.2, 0.25) is 0 Å². The van der Waals surface area contributed by atoms with E-state index in [0.29, 0.717) is 6.54 Å². The van der Waals surface area contributed by atoms with Crippen LogP contribution in [0, 0.1) is 19.8 Å². The first-order valence-corrected chi connectivity index (χ1v) is 8.00. The molecule has 118 valence electrons. The summed E-state index contributed by atoms with van der Waals surface area (Å²) in [5.74, 6) is -1.07. The van der Waals surface area contributed by atoms with Gasteiger partial charge in [-0.25, -0.2) is 0 Å². The minimum atomic E-state index is -0.725. The van der Waals surface area contributed by atoms with E-state index in [0.717, 1.165) is 18.7 Å². The molecule has 1 rings (SSSR count). The second-order valence-electron chi connectivity index (χ2n) is 6.01. The molecular weight excluding hydrogens is 262 g/mol. The summed E-state index contributed by atoms with van der Waals surface area (Å²) in [5, 5.41) is 9.16. The highest BCUT2D eigenvalue weighted by atomic mass is 16.4. The van der Waals surface area contributed by atoms with Gasteiger partial charge in [-0.15, -0.1) is 0 Å². The molecule has 0 heterocycles. The Morgan fingerprint density at radius 1 is 1.19 bits per heavy atom. The van der Waals surface area contributed by atoms with Crippen LogP contribution in [0.1, 0.15) is 50.7 Å². The zero-order valence-electron chi connectivity index (χ0n) is 13.9. The van der Waals surface area contributed by atoms with Gasteiger partial charge in [0.15, 0.2) is 0 Å². The molecule has 0 radical (unpaired) electrons. The number of carboxylic acids is 1. The second-order valence-corrected chi connectivity index (χ2v) is 6.01. The molecule has 3 nitrogen and oxygen atoms in total. The van der Waals surface area contributed by atoms with E-state index in [9.17, 15) is 4.79 Å². The van der Waals surface area contributed by atoms with Gasteiger partial charge in [-0.2, -0.15) is 0 Å². The molecule has 0 bridgehead atoms. The van der Waals surface area contributed by atoms with E-state index in [1.807, 2.05) is 0 Å². The first-order chi connectivity index (χ1) is 9.95. The van der Waals surface area contributed by atoms with Crippen LogP contribution < -0.4 is 4.90 Å². The third kappa shape index (κ3) is 5.78. The van der Waals surface area contributed by atoms with Crippen LogP contribution >= 0.6 is 0 Å². The Kier molecular flexibility index (Phi) is 7.27. The molecule has 3 heteroatoms. The fraction of sp³-hybridized carbons (Fsp3) is 0.611. The summed E-state index contributed by atoms with van der Waals surface area (Å²) in [6.07, 6.45) is 4.79. The van der Waals surface area contributed by atoms with Gasteiger partial charge < -0.3 is 10.0 Å². The summed E-state index contributed by atoms with van der Waals surface area (Å²) in [4.78, 5) is 13.4. The van der Waals surface area contributed by atoms with Gasteiger partial charge in [0.1, 0.15) is 0 Å². The van der Waals surface area contributed by atoms with Crippen molar-refractivity contribution < 1.29 is 9.90 Å². The number of benzene rings is 1. The smallest absolute Gasteiger partial charge is 0.308 e. The van der Waals surface area contributed by atoms with Crippen molar-refractivity contribution in [2.45, 2.75) is 53.4 Å². The maximum Gasteiger partial charge on any atom is 0.308 e. The zero-order valence-corrected chi connectivity index (χ0v) is 13.9. The summed E-state index contributed by atoms with van der Waals surface area (Å²) >= 11 is 0. The summed E-state index contributed by atoms with van der Waals surface area (Å²) in [6.45, 7) is 9.69. The number of carboxylic acid groups (broad SMARTS) is 1. The van der Waals surface area contributed by atoms with E-state index in [1.165, 1.54) is 30.4 Å². The number of hydrogen-bond donors (Lipinski definition) is 1. The molecule has 0 saturated heterocycles. The van der Waals surface area contributed by atoms with Crippen molar-refractivity contribution in [3.05, 3.63) is 29.3 Å². The molecule has 0 aromatic heterocycles. The van der Waals surface area contributed by atoms with E-state index in [1.54, 1.807) is 6.92 Å². The van der Waals surface area contributed by atoms with E-state index >= 15 is 0 Å². The van der Waals surface area contributed by atoms with Gasteiger partial charge in [0.05, 0.1) is 5.92 Å². The maximum atomic E-state index is 11.1. The average molecular weight is 291 g/mol. The molecule has 1 aromatic carbocycles. The van der Waals surface area contributed by atoms with E-state index in [4.69, 9.17) is 5.11 Å². The van der Waals surface area contributed by atoms with E-state index < -0.39 is 5.97 Å². The molecule has 0 spiro atoms. The Hall–Kier alpha value is -1.51. The normalized spacial score (nSPS) is 12.2. The van der Waals surface area contributed by atoms with Gasteiger partial charge in [-0.05, 0) is 43.5 Å². The van der Waals surface area contributed by atoms with Gasteiger partial charge in [-0.3, -0.25) is 4.79 Å². The molecule has 1 aromatic rings. The van der Waals surface area contributed by atoms with Crippen molar-refractivity contribution in [2.75, 3.05) is 18.0 Å². The van der Waals surface area contributed by atoms with Crippen molar-refractivity contribution >= 4 is 11.7 Å². The Morgan fingerprint density at radius 3 is 2.48 bits per heavy atom. The summed E-state index contributed by atoms with van der Waals surface area (Å²) in [7, 11) is 0. The molecule has 1 atom stereocenters. The van der Waals surface area contributed by atoms with E-state index in [2.05, 4.69) is 43.9 Å². The van der Waals surface area contributed by atoms with Crippen molar-refractivity contribution in [2.24, 2.45) is 5.92 Å². The van der Waals surface area contributed by atoms with Crippen LogP contribution in [0.15, 0.2) is 18.2 Å². The second kappa shape index (κ2) is 8.71. The molecule has 0 aliphatic heterocycles. The highest BCUT2D eigenvalue weighted by molar-refractivity contribution is 5.70. The van der Waals surface area contributed by atoms with Crippen LogP contribution in [-0.4, -0.2) is 24.2 Å². The maximum absolute atomic E-state index is 11.1. The highest BCUT2D eigenvalue weighted by Gasteiger charge is 2.16. The van der Waals surface area contributed by atoms with Gasteiger partial charge in [-0.1, -0.05) is 39.2 Å². The number of nitrogens with zero attached hydrogens (tertiary/aromatic N) is 1. The Labute approximate surface area is 129 Å². The highest BCUT2D eigenvalue weighted by Crippen LogP contribution is 2.21. The molecule has 21 heavy (non-hydrogen) atoms. The van der Waals surface area contributed by atoms with Crippen molar-refractivity contribution in [3.8, 4) is 0 Å². The fourth-order valence-electron chi connectivity index (χ4n) is 2.39. The largest absolute Gasteiger partial charge is 0.481 e. The van der Waals surface area contributed by atoms with Crippen molar-refractivity contribution in [3.63, 3.8) is 0 Å². The minimum Gasteiger partial charge on any atom is -0.481 e. The molecule has 1 unspecified atom stereocenters. The molecule has 0 amide bonds. The average Bonchev–Trinajstić information content (AvgIpc) is 2.45. The number of aliphatic carboxylic acids is 1. The lowest BCUT2D eigenvalue weighted by Crippen LogP contribution is -2.32. The number of rotatable bonds is 9. The van der Waals surface area contributed by atoms with Gasteiger partial charge in [0, 0.05) is 18.8 Å². The minimum absolute atomic E-state index is 0.349. The molecule has 0 saturated carbocycles. The Morgan fingerprint density at radius 2 is 1.90 bits per heavy atom. The van der Waals surface area contributed by atoms with Crippen molar-refractivity contribution in [1.82, 2.24) is 0 Å². The summed E-state index contributed by atoms with van der Waals surface area (Å²) < 4.78 is 0. The third-order valence-electron chi connectivity index (χ3n) is 4.05. The number of hydrogen-bond acceptors (Lipinski definition) is 2. The standard InChI is InChI=1S/C18H29NO2/c1-5-6-7-8-11-19(13-16(4)18(20)21)17-10-9-14(2)15(3)12-17/h9-10,12,16H,5-8,11,13H2,1-4H3,(H,20,21). The van der Waals surface area contributed by atoms with Gasteiger partial charge in [0.25, 0.3) is 0 Å². The predicted molar refractivity (Wildman–Crippen MR) is 89.1 cm³/mol. The van der Waals surface area contributed by atoms with Gasteiger partial charge >= 0.3 is 5.97 Å². The van der Waals surface area contributed by atoms with Crippen LogP contribution in [0.4, 0.5) is 5.69 Å². The SMILES string of the molecule is CCCCCCN(CC(C)C(=O)O)c1ccc(C)c(C)c1. The zero-order chi connectivity index (χ0) is 15.8. The third-order valence-corrected chi connectivity index (χ3v) is 4.05. The first-order valence-electron chi connectivity index (χ1n) is 8.00. The molecule has 1 N–H and O–H groups in total. The van der Waals surface area contributed by atoms with Crippen LogP contribution in [0.25, 0.3) is 0 Å². The lowest BCUT2D eigenvalue weighted by Gasteiger charge is -2.27. The molecule has 0 aliphatic carbocycles. The monoisotopic (exact) mass is 291 g/mol. The Bertz CT molecular complexity index is 457. The fourth-order valence-corrected chi connectivity index (χ4v) is 2.39. The lowest BCUT2D eigenvalue weighted by molar-refractivity contribution is -0.140. The molecular formula is C18H29NO2. The predicted octanol–water partition coefficient (Wildman–Crippen LogP) is 4.41. The van der Waals surface area contributed by atoms with Crippen LogP contribution in [0.2, 0.25) is 0 Å². The van der Waals surface area contributed by atoms with Crippen LogP contribution in [0.3, 0.4) is 0 Å². The van der Waals surface area contributed by atoms with Crippen LogP contribution in [0.5, 0.6) is 0 Å². The Balaban J connectivity index is 2.78. The van der Waals surface area contributed by atoms with E-state index in [-0.39, 0.29) is 5.92 Å². The number of aryl methyl sites for hydroxylation is 2. The summed E-state index contributed by atoms with van der Waals surface area (Å²) in [6, 6.07) is 6.40. The van der Waals surface area contributed by atoms with Crippen molar-refractivity contribution in [1.29, 1.82) is 0 Å². The first kappa shape index (κ1) is 17.5. The lowest BCUT2D eigenvalue weighted by atomic mass is 10.1. The topological polar surface area (TPSA) is 40.5 Å². The summed E-state index contributed by atoms with van der Waals surface area (Å²) in [5.41, 5.74) is 3.67. The molecule has 0 fully saturated rings. The van der Waals surface area contributed by atoms with Crippen LogP contribution in [-0.2, 0) is 4.79 Å². The quantitative estimate of drug-likeness (QED) is 0.685. The number of anilines is 1.